The first-order chi connectivity index (χ1) is 14.9. The summed E-state index contributed by atoms with van der Waals surface area (Å²) < 4.78 is 21.7. The Labute approximate surface area is 178 Å². The molecule has 2 aromatic carbocycles. The first-order valence-corrected chi connectivity index (χ1v) is 9.79. The highest BCUT2D eigenvalue weighted by molar-refractivity contribution is 5.98. The molecule has 7 heteroatoms. The number of amides is 1. The average molecular weight is 419 g/mol. The lowest BCUT2D eigenvalue weighted by molar-refractivity contribution is -0.116. The SMILES string of the molecule is COC(=O)c1cc2c(ccn2-c2ccc(F)cc2)n1CC(=O)Nc1ccc(C)cc1C. The van der Waals surface area contributed by atoms with E-state index in [1.165, 1.54) is 19.2 Å². The van der Waals surface area contributed by atoms with Crippen molar-refractivity contribution in [3.8, 4) is 5.69 Å². The Morgan fingerprint density at radius 1 is 1.00 bits per heavy atom. The maximum atomic E-state index is 13.3. The van der Waals surface area contributed by atoms with Crippen molar-refractivity contribution in [3.05, 3.63) is 83.4 Å². The van der Waals surface area contributed by atoms with Crippen LogP contribution in [0.4, 0.5) is 10.1 Å². The van der Waals surface area contributed by atoms with Gasteiger partial charge in [0, 0.05) is 17.6 Å². The minimum atomic E-state index is -0.541. The minimum absolute atomic E-state index is 0.0608. The van der Waals surface area contributed by atoms with Crippen LogP contribution in [0.1, 0.15) is 21.6 Å². The molecule has 0 atom stereocenters. The van der Waals surface area contributed by atoms with Crippen molar-refractivity contribution in [2.75, 3.05) is 12.4 Å². The van der Waals surface area contributed by atoms with E-state index in [9.17, 15) is 14.0 Å². The highest BCUT2D eigenvalue weighted by Gasteiger charge is 2.21. The second-order valence-corrected chi connectivity index (χ2v) is 7.41. The fourth-order valence-electron chi connectivity index (χ4n) is 3.70. The summed E-state index contributed by atoms with van der Waals surface area (Å²) in [6, 6.07) is 15.3. The predicted molar refractivity (Wildman–Crippen MR) is 117 cm³/mol. The number of carbonyl (C=O) groups excluding carboxylic acids is 2. The predicted octanol–water partition coefficient (Wildman–Crippen LogP) is 4.61. The van der Waals surface area contributed by atoms with Gasteiger partial charge < -0.3 is 19.2 Å². The van der Waals surface area contributed by atoms with Gasteiger partial charge in [0.25, 0.3) is 0 Å². The van der Waals surface area contributed by atoms with Crippen molar-refractivity contribution < 1.29 is 18.7 Å². The number of esters is 1. The number of hydrogen-bond donors (Lipinski definition) is 1. The molecule has 1 amide bonds. The minimum Gasteiger partial charge on any atom is -0.464 e. The van der Waals surface area contributed by atoms with Gasteiger partial charge in [-0.1, -0.05) is 17.7 Å². The van der Waals surface area contributed by atoms with E-state index in [1.807, 2.05) is 48.9 Å². The van der Waals surface area contributed by atoms with Crippen molar-refractivity contribution in [2.45, 2.75) is 20.4 Å². The molecule has 0 aliphatic rings. The van der Waals surface area contributed by atoms with Crippen molar-refractivity contribution in [1.29, 1.82) is 0 Å². The number of anilines is 1. The van der Waals surface area contributed by atoms with E-state index >= 15 is 0 Å². The van der Waals surface area contributed by atoms with E-state index in [0.29, 0.717) is 11.0 Å². The third kappa shape index (κ3) is 3.94. The lowest BCUT2D eigenvalue weighted by Gasteiger charge is -2.12. The normalized spacial score (nSPS) is 11.0. The van der Waals surface area contributed by atoms with Gasteiger partial charge in [-0.2, -0.15) is 0 Å². The summed E-state index contributed by atoms with van der Waals surface area (Å²) in [5.74, 6) is -1.13. The molecule has 0 radical (unpaired) electrons. The smallest absolute Gasteiger partial charge is 0.354 e. The zero-order valence-electron chi connectivity index (χ0n) is 17.5. The fourth-order valence-corrected chi connectivity index (χ4v) is 3.70. The van der Waals surface area contributed by atoms with Gasteiger partial charge in [0.15, 0.2) is 0 Å². The Hall–Kier alpha value is -3.87. The number of hydrogen-bond acceptors (Lipinski definition) is 3. The van der Waals surface area contributed by atoms with Gasteiger partial charge in [0.2, 0.25) is 5.91 Å². The van der Waals surface area contributed by atoms with Gasteiger partial charge in [0.05, 0.1) is 18.1 Å². The maximum absolute atomic E-state index is 13.3. The molecule has 0 fully saturated rings. The van der Waals surface area contributed by atoms with Crippen LogP contribution >= 0.6 is 0 Å². The molecule has 31 heavy (non-hydrogen) atoms. The number of nitrogens with one attached hydrogen (secondary N) is 1. The Morgan fingerprint density at radius 2 is 1.74 bits per heavy atom. The second-order valence-electron chi connectivity index (χ2n) is 7.41. The van der Waals surface area contributed by atoms with E-state index in [4.69, 9.17) is 4.74 Å². The number of aromatic nitrogens is 2. The summed E-state index contributed by atoms with van der Waals surface area (Å²) in [6.07, 6.45) is 1.82. The zero-order valence-corrected chi connectivity index (χ0v) is 17.5. The maximum Gasteiger partial charge on any atom is 0.354 e. The molecule has 0 bridgehead atoms. The molecule has 0 saturated carbocycles. The van der Waals surface area contributed by atoms with Crippen LogP contribution in [-0.2, 0) is 16.1 Å². The Kier molecular flexibility index (Phi) is 5.33. The van der Waals surface area contributed by atoms with Gasteiger partial charge in [-0.05, 0) is 61.9 Å². The zero-order chi connectivity index (χ0) is 22.1. The molecule has 0 saturated heterocycles. The molecule has 0 aliphatic heterocycles. The number of halogens is 1. The van der Waals surface area contributed by atoms with Crippen molar-refractivity contribution in [1.82, 2.24) is 9.13 Å². The van der Waals surface area contributed by atoms with E-state index in [1.54, 1.807) is 22.8 Å². The van der Waals surface area contributed by atoms with Gasteiger partial charge in [-0.25, -0.2) is 9.18 Å². The topological polar surface area (TPSA) is 65.3 Å². The van der Waals surface area contributed by atoms with Crippen LogP contribution in [-0.4, -0.2) is 28.1 Å². The molecule has 0 spiro atoms. The second kappa shape index (κ2) is 8.10. The van der Waals surface area contributed by atoms with Crippen LogP contribution in [0.25, 0.3) is 16.7 Å². The Bertz CT molecular complexity index is 1290. The molecule has 0 unspecified atom stereocenters. The van der Waals surface area contributed by atoms with Crippen LogP contribution in [0.5, 0.6) is 0 Å². The first-order valence-electron chi connectivity index (χ1n) is 9.79. The van der Waals surface area contributed by atoms with Crippen LogP contribution in [0, 0.1) is 19.7 Å². The molecular formula is C24H22FN3O3. The Balaban J connectivity index is 1.71. The summed E-state index contributed by atoms with van der Waals surface area (Å²) in [4.78, 5) is 25.2. The molecule has 6 nitrogen and oxygen atoms in total. The quantitative estimate of drug-likeness (QED) is 0.481. The van der Waals surface area contributed by atoms with E-state index < -0.39 is 5.97 Å². The molecule has 4 rings (SSSR count). The average Bonchev–Trinajstić information content (AvgIpc) is 3.30. The van der Waals surface area contributed by atoms with Gasteiger partial charge in [0.1, 0.15) is 18.1 Å². The summed E-state index contributed by atoms with van der Waals surface area (Å²) >= 11 is 0. The standard InChI is InChI=1S/C24H22FN3O3/c1-15-4-9-19(16(2)12-15)26-23(29)14-28-20-10-11-27(18-7-5-17(25)6-8-18)21(20)13-22(28)24(30)31-3/h4-13H,14H2,1-3H3,(H,26,29). The number of aryl methyl sites for hydroxylation is 2. The van der Waals surface area contributed by atoms with Crippen LogP contribution in [0.2, 0.25) is 0 Å². The molecule has 0 aliphatic carbocycles. The highest BCUT2D eigenvalue weighted by Crippen LogP contribution is 2.26. The third-order valence-corrected chi connectivity index (χ3v) is 5.22. The van der Waals surface area contributed by atoms with Crippen molar-refractivity contribution >= 4 is 28.6 Å². The lowest BCUT2D eigenvalue weighted by atomic mass is 10.1. The fraction of sp³-hybridized carbons (Fsp3) is 0.167. The number of benzene rings is 2. The van der Waals surface area contributed by atoms with Gasteiger partial charge in [-0.15, -0.1) is 0 Å². The molecular weight excluding hydrogens is 397 g/mol. The van der Waals surface area contributed by atoms with Crippen LogP contribution in [0.3, 0.4) is 0 Å². The first kappa shape index (κ1) is 20.4. The lowest BCUT2D eigenvalue weighted by Crippen LogP contribution is -2.22. The number of ether oxygens (including phenoxy) is 1. The number of rotatable bonds is 5. The number of carbonyl (C=O) groups is 2. The molecule has 2 aromatic heterocycles. The van der Waals surface area contributed by atoms with Crippen LogP contribution in [0.15, 0.2) is 60.8 Å². The Morgan fingerprint density at radius 3 is 2.42 bits per heavy atom. The summed E-state index contributed by atoms with van der Waals surface area (Å²) in [5.41, 5.74) is 5.21. The monoisotopic (exact) mass is 419 g/mol. The van der Waals surface area contributed by atoms with E-state index in [-0.39, 0.29) is 24.0 Å². The van der Waals surface area contributed by atoms with Crippen molar-refractivity contribution in [3.63, 3.8) is 0 Å². The molecule has 1 N–H and O–H groups in total. The number of methoxy groups -OCH3 is 1. The number of nitrogens with zero attached hydrogens (tertiary/aromatic N) is 2. The summed E-state index contributed by atoms with van der Waals surface area (Å²) in [6.45, 7) is 3.86. The third-order valence-electron chi connectivity index (χ3n) is 5.22. The van der Waals surface area contributed by atoms with E-state index in [0.717, 1.165) is 22.5 Å². The number of fused-ring (bicyclic) bond motifs is 1. The molecule has 158 valence electrons. The highest BCUT2D eigenvalue weighted by atomic mass is 19.1. The van der Waals surface area contributed by atoms with Gasteiger partial charge in [-0.3, -0.25) is 4.79 Å². The molecule has 2 heterocycles. The van der Waals surface area contributed by atoms with Crippen LogP contribution < -0.4 is 5.32 Å². The summed E-state index contributed by atoms with van der Waals surface area (Å²) in [5, 5.41) is 2.91. The van der Waals surface area contributed by atoms with Gasteiger partial charge >= 0.3 is 5.97 Å². The summed E-state index contributed by atoms with van der Waals surface area (Å²) in [7, 11) is 1.30. The van der Waals surface area contributed by atoms with E-state index in [2.05, 4.69) is 5.32 Å². The van der Waals surface area contributed by atoms with Crippen molar-refractivity contribution in [2.24, 2.45) is 0 Å². The largest absolute Gasteiger partial charge is 0.464 e. The molecule has 4 aromatic rings.